The highest BCUT2D eigenvalue weighted by atomic mass is 32.1. The van der Waals surface area contributed by atoms with E-state index < -0.39 is 5.60 Å². The zero-order chi connectivity index (χ0) is 26.9. The van der Waals surface area contributed by atoms with Crippen molar-refractivity contribution in [1.29, 1.82) is 0 Å². The van der Waals surface area contributed by atoms with Gasteiger partial charge < -0.3 is 23.5 Å². The van der Waals surface area contributed by atoms with Crippen LogP contribution in [0, 0.1) is 6.92 Å². The summed E-state index contributed by atoms with van der Waals surface area (Å²) in [6, 6.07) is 12.9. The van der Waals surface area contributed by atoms with E-state index in [2.05, 4.69) is 71.1 Å². The van der Waals surface area contributed by atoms with Gasteiger partial charge in [0.2, 0.25) is 0 Å². The number of hydrogen-bond acceptors (Lipinski definition) is 5. The van der Waals surface area contributed by atoms with E-state index in [1.807, 2.05) is 20.8 Å². The summed E-state index contributed by atoms with van der Waals surface area (Å²) >= 11 is 1.77. The number of likely N-dealkylation sites (tertiary alicyclic amines) is 1. The van der Waals surface area contributed by atoms with E-state index in [1.165, 1.54) is 21.5 Å². The maximum absolute atomic E-state index is 12.3. The Morgan fingerprint density at radius 1 is 1.13 bits per heavy atom. The van der Waals surface area contributed by atoms with Gasteiger partial charge in [-0.25, -0.2) is 9.78 Å². The number of carbonyl (C=O) groups excluding carboxylic acids is 1. The number of ether oxygens (including phenoxy) is 2. The van der Waals surface area contributed by atoms with Gasteiger partial charge in [-0.1, -0.05) is 12.1 Å². The average molecular weight is 535 g/mol. The molecule has 0 atom stereocenters. The minimum atomic E-state index is -0.467. The molecule has 0 aliphatic carbocycles. The zero-order valence-electron chi connectivity index (χ0n) is 23.1. The highest BCUT2D eigenvalue weighted by molar-refractivity contribution is 7.17. The second-order valence-corrected chi connectivity index (χ2v) is 12.1. The first-order valence-corrected chi connectivity index (χ1v) is 14.3. The van der Waals surface area contributed by atoms with E-state index >= 15 is 0 Å². The number of fused-ring (bicyclic) bond motifs is 1. The third-order valence-corrected chi connectivity index (χ3v) is 7.83. The molecule has 3 aromatic heterocycles. The lowest BCUT2D eigenvalue weighted by Gasteiger charge is -2.33. The molecule has 0 spiro atoms. The first-order valence-electron chi connectivity index (χ1n) is 13.5. The highest BCUT2D eigenvalue weighted by Crippen LogP contribution is 2.30. The zero-order valence-corrected chi connectivity index (χ0v) is 23.9. The Balaban J connectivity index is 1.11. The van der Waals surface area contributed by atoms with Crippen LogP contribution in [0.2, 0.25) is 0 Å². The van der Waals surface area contributed by atoms with E-state index in [4.69, 9.17) is 14.5 Å². The number of benzene rings is 1. The van der Waals surface area contributed by atoms with Gasteiger partial charge >= 0.3 is 6.09 Å². The molecule has 7 nitrogen and oxygen atoms in total. The summed E-state index contributed by atoms with van der Waals surface area (Å²) in [6.45, 7) is 9.99. The van der Waals surface area contributed by atoms with Crippen molar-refractivity contribution in [1.82, 2.24) is 19.0 Å². The Morgan fingerprint density at radius 3 is 2.55 bits per heavy atom. The molecular weight excluding hydrogens is 496 g/mol. The number of aromatic nitrogens is 3. The van der Waals surface area contributed by atoms with Crippen molar-refractivity contribution in [2.75, 3.05) is 13.1 Å². The Labute approximate surface area is 229 Å². The topological polar surface area (TPSA) is 61.5 Å². The van der Waals surface area contributed by atoms with Crippen LogP contribution in [0.5, 0.6) is 5.75 Å². The van der Waals surface area contributed by atoms with Crippen LogP contribution in [0.4, 0.5) is 4.79 Å². The van der Waals surface area contributed by atoms with E-state index in [-0.39, 0.29) is 12.2 Å². The van der Waals surface area contributed by atoms with Crippen molar-refractivity contribution in [2.24, 2.45) is 7.05 Å². The van der Waals surface area contributed by atoms with Gasteiger partial charge in [0.1, 0.15) is 17.5 Å². The SMILES string of the molecule is Cc1cn(CCCc2ccc(OC3CCN(C(=O)OC(C)(C)C)CC3)cc2)c(-c2cc3sccc3n2C)n1. The number of rotatable bonds is 7. The summed E-state index contributed by atoms with van der Waals surface area (Å²) in [7, 11) is 2.12. The second kappa shape index (κ2) is 10.8. The third-order valence-electron chi connectivity index (χ3n) is 6.97. The number of carbonyl (C=O) groups is 1. The first kappa shape index (κ1) is 26.4. The van der Waals surface area contributed by atoms with Gasteiger partial charge in [-0.3, -0.25) is 0 Å². The quantitative estimate of drug-likeness (QED) is 0.261. The molecule has 1 amide bonds. The van der Waals surface area contributed by atoms with Gasteiger partial charge in [0.15, 0.2) is 5.82 Å². The first-order chi connectivity index (χ1) is 18.2. The minimum absolute atomic E-state index is 0.121. The van der Waals surface area contributed by atoms with Crippen molar-refractivity contribution in [2.45, 2.75) is 71.6 Å². The molecule has 4 heterocycles. The molecule has 0 N–H and O–H groups in total. The van der Waals surface area contributed by atoms with Crippen LogP contribution in [-0.4, -0.2) is 49.9 Å². The molecule has 4 aromatic rings. The molecule has 1 aromatic carbocycles. The van der Waals surface area contributed by atoms with Crippen molar-refractivity contribution < 1.29 is 14.3 Å². The summed E-state index contributed by atoms with van der Waals surface area (Å²) in [5.41, 5.74) is 4.30. The fourth-order valence-corrected chi connectivity index (χ4v) is 5.90. The lowest BCUT2D eigenvalue weighted by Crippen LogP contribution is -2.44. The Kier molecular flexibility index (Phi) is 7.52. The molecule has 1 fully saturated rings. The maximum atomic E-state index is 12.3. The molecule has 1 aliphatic rings. The predicted octanol–water partition coefficient (Wildman–Crippen LogP) is 6.82. The molecule has 1 aliphatic heterocycles. The van der Waals surface area contributed by atoms with E-state index in [0.717, 1.165) is 49.5 Å². The fraction of sp³-hybridized carbons (Fsp3) is 0.467. The van der Waals surface area contributed by atoms with Gasteiger partial charge in [-0.05, 0) is 75.7 Å². The Morgan fingerprint density at radius 2 is 1.87 bits per heavy atom. The van der Waals surface area contributed by atoms with E-state index in [9.17, 15) is 4.79 Å². The maximum Gasteiger partial charge on any atom is 0.410 e. The van der Waals surface area contributed by atoms with Crippen LogP contribution in [0.15, 0.2) is 48.0 Å². The summed E-state index contributed by atoms with van der Waals surface area (Å²) in [5.74, 6) is 1.93. The van der Waals surface area contributed by atoms with E-state index in [1.54, 1.807) is 16.2 Å². The number of nitrogens with zero attached hydrogens (tertiary/aromatic N) is 4. The minimum Gasteiger partial charge on any atom is -0.490 e. The molecule has 1 saturated heterocycles. The number of hydrogen-bond donors (Lipinski definition) is 0. The van der Waals surface area contributed by atoms with Gasteiger partial charge in [0, 0.05) is 45.7 Å². The Hall–Kier alpha value is -3.26. The number of imidazole rings is 1. The molecule has 8 heteroatoms. The predicted molar refractivity (Wildman–Crippen MR) is 153 cm³/mol. The third kappa shape index (κ3) is 6.07. The summed E-state index contributed by atoms with van der Waals surface area (Å²) in [5, 5.41) is 2.14. The molecule has 202 valence electrons. The lowest BCUT2D eigenvalue weighted by molar-refractivity contribution is 0.0126. The van der Waals surface area contributed by atoms with Gasteiger partial charge in [-0.2, -0.15) is 0 Å². The summed E-state index contributed by atoms with van der Waals surface area (Å²) < 4.78 is 17.5. The van der Waals surface area contributed by atoms with E-state index in [0.29, 0.717) is 13.1 Å². The van der Waals surface area contributed by atoms with Crippen LogP contribution in [0.25, 0.3) is 21.7 Å². The van der Waals surface area contributed by atoms with Gasteiger partial charge in [0.05, 0.1) is 21.6 Å². The van der Waals surface area contributed by atoms with Crippen molar-refractivity contribution in [3.8, 4) is 17.3 Å². The molecule has 0 saturated carbocycles. The highest BCUT2D eigenvalue weighted by Gasteiger charge is 2.27. The second-order valence-electron chi connectivity index (χ2n) is 11.2. The number of amides is 1. The van der Waals surface area contributed by atoms with Crippen LogP contribution in [0.1, 0.15) is 51.3 Å². The molecule has 0 unspecified atom stereocenters. The molecule has 38 heavy (non-hydrogen) atoms. The molecule has 5 rings (SSSR count). The van der Waals surface area contributed by atoms with Crippen LogP contribution in [0.3, 0.4) is 0 Å². The fourth-order valence-electron chi connectivity index (χ4n) is 5.05. The normalized spacial score (nSPS) is 14.8. The summed E-state index contributed by atoms with van der Waals surface area (Å²) in [6.07, 6.45) is 5.69. The number of thiophene rings is 1. The van der Waals surface area contributed by atoms with Crippen molar-refractivity contribution in [3.05, 3.63) is 59.2 Å². The lowest BCUT2D eigenvalue weighted by atomic mass is 10.1. The smallest absolute Gasteiger partial charge is 0.410 e. The number of aryl methyl sites for hydroxylation is 4. The largest absolute Gasteiger partial charge is 0.490 e. The van der Waals surface area contributed by atoms with Gasteiger partial charge in [-0.15, -0.1) is 11.3 Å². The van der Waals surface area contributed by atoms with Crippen LogP contribution in [-0.2, 0) is 24.8 Å². The molecular formula is C30H38N4O3S. The standard InChI is InChI=1S/C30H38N4O3S/c1-21-20-34(28(31-21)26-19-27-25(32(26)5)14-18-38-27)15-6-7-22-8-10-23(11-9-22)36-24-12-16-33(17-13-24)29(35)37-30(2,3)4/h8-11,14,18-20,24H,6-7,12-13,15-17H2,1-5H3. The Bertz CT molecular complexity index is 1390. The van der Waals surface area contributed by atoms with Crippen LogP contribution < -0.4 is 4.74 Å². The monoisotopic (exact) mass is 534 g/mol. The van der Waals surface area contributed by atoms with Crippen LogP contribution >= 0.6 is 11.3 Å². The van der Waals surface area contributed by atoms with Crippen molar-refractivity contribution in [3.63, 3.8) is 0 Å². The van der Waals surface area contributed by atoms with Gasteiger partial charge in [0.25, 0.3) is 0 Å². The average Bonchev–Trinajstić information content (AvgIpc) is 3.55. The summed E-state index contributed by atoms with van der Waals surface area (Å²) in [4.78, 5) is 18.9. The molecule has 0 bridgehead atoms. The molecule has 0 radical (unpaired) electrons. The van der Waals surface area contributed by atoms with Crippen molar-refractivity contribution >= 4 is 27.6 Å². The number of piperidine rings is 1.